The molecule has 1 atom stereocenters. The Bertz CT molecular complexity index is 925. The molecule has 1 saturated heterocycles. The van der Waals surface area contributed by atoms with Gasteiger partial charge in [-0.1, -0.05) is 12.7 Å². The van der Waals surface area contributed by atoms with Gasteiger partial charge in [0.05, 0.1) is 22.6 Å². The Morgan fingerprint density at radius 1 is 1.34 bits per heavy atom. The van der Waals surface area contributed by atoms with Crippen LogP contribution < -0.4 is 15.0 Å². The number of rotatable bonds is 6. The van der Waals surface area contributed by atoms with Crippen molar-refractivity contribution in [2.45, 2.75) is 13.0 Å². The van der Waals surface area contributed by atoms with Gasteiger partial charge in [-0.2, -0.15) is 0 Å². The monoisotopic (exact) mass is 394 g/mol. The predicted molar refractivity (Wildman–Crippen MR) is 119 cm³/mol. The molecule has 1 aromatic heterocycles. The normalized spacial score (nSPS) is 18.7. The van der Waals surface area contributed by atoms with Gasteiger partial charge in [0.2, 0.25) is 0 Å². The molecule has 7 heteroatoms. The second-order valence-corrected chi connectivity index (χ2v) is 7.82. The molecule has 2 aromatic rings. The highest BCUT2D eigenvalue weighted by atomic mass is 16.5. The zero-order chi connectivity index (χ0) is 20.4. The van der Waals surface area contributed by atoms with E-state index in [-0.39, 0.29) is 0 Å². The van der Waals surface area contributed by atoms with Crippen LogP contribution in [-0.2, 0) is 0 Å². The Morgan fingerprint density at radius 2 is 2.21 bits per heavy atom. The van der Waals surface area contributed by atoms with Gasteiger partial charge < -0.3 is 24.8 Å². The van der Waals surface area contributed by atoms with Crippen molar-refractivity contribution in [3.05, 3.63) is 42.9 Å². The highest BCUT2D eigenvalue weighted by molar-refractivity contribution is 5.99. The molecule has 0 spiro atoms. The van der Waals surface area contributed by atoms with Crippen LogP contribution in [0.2, 0.25) is 0 Å². The van der Waals surface area contributed by atoms with Crippen molar-refractivity contribution in [1.82, 2.24) is 19.8 Å². The number of likely N-dealkylation sites (N-methyl/N-ethyl adjacent to an activating group) is 1. The third-order valence-electron chi connectivity index (χ3n) is 5.48. The van der Waals surface area contributed by atoms with E-state index >= 15 is 0 Å². The van der Waals surface area contributed by atoms with Gasteiger partial charge in [-0.3, -0.25) is 0 Å². The van der Waals surface area contributed by atoms with Crippen molar-refractivity contribution in [1.29, 1.82) is 0 Å². The van der Waals surface area contributed by atoms with Crippen LogP contribution in [0.1, 0.15) is 6.92 Å². The minimum atomic E-state index is 0.305. The Balaban J connectivity index is 1.56. The number of nitrogens with one attached hydrogen (secondary N) is 1. The first-order valence-electron chi connectivity index (χ1n) is 10.2. The topological polar surface area (TPSA) is 56.8 Å². The molecule has 3 heterocycles. The van der Waals surface area contributed by atoms with Gasteiger partial charge in [0.15, 0.2) is 5.75 Å². The van der Waals surface area contributed by atoms with E-state index in [9.17, 15) is 0 Å². The van der Waals surface area contributed by atoms with E-state index in [0.717, 1.165) is 66.6 Å². The third kappa shape index (κ3) is 3.87. The highest BCUT2D eigenvalue weighted by Crippen LogP contribution is 2.42. The number of aromatic nitrogens is 2. The van der Waals surface area contributed by atoms with Crippen molar-refractivity contribution in [3.63, 3.8) is 0 Å². The molecule has 29 heavy (non-hydrogen) atoms. The van der Waals surface area contributed by atoms with Crippen molar-refractivity contribution in [2.24, 2.45) is 0 Å². The zero-order valence-corrected chi connectivity index (χ0v) is 17.6. The summed E-state index contributed by atoms with van der Waals surface area (Å²) in [6.45, 7) is 11.5. The summed E-state index contributed by atoms with van der Waals surface area (Å²) in [6, 6.07) is 4.51. The maximum atomic E-state index is 6.29. The number of anilines is 2. The first kappa shape index (κ1) is 19.5. The molecule has 1 unspecified atom stereocenters. The smallest absolute Gasteiger partial charge is 0.155 e. The van der Waals surface area contributed by atoms with Gasteiger partial charge in [0, 0.05) is 38.4 Å². The molecule has 1 aromatic carbocycles. The molecule has 1 fully saturated rings. The SMILES string of the molecule is C=C(/C=C/CN(C)C)N1CCN2c3ccc4ncnc(NCC)c4c3OCC2C1. The van der Waals surface area contributed by atoms with Crippen molar-refractivity contribution in [2.75, 3.05) is 63.6 Å². The molecular weight excluding hydrogens is 364 g/mol. The van der Waals surface area contributed by atoms with E-state index in [1.165, 1.54) is 0 Å². The molecule has 7 nitrogen and oxygen atoms in total. The van der Waals surface area contributed by atoms with Crippen LogP contribution in [0.15, 0.2) is 42.9 Å². The second kappa shape index (κ2) is 8.29. The number of hydrogen-bond donors (Lipinski definition) is 1. The fraction of sp³-hybridized carbons (Fsp3) is 0.455. The summed E-state index contributed by atoms with van der Waals surface area (Å²) in [5, 5.41) is 4.32. The Morgan fingerprint density at radius 3 is 3.00 bits per heavy atom. The number of ether oxygens (including phenoxy) is 1. The number of benzene rings is 1. The number of nitrogens with zero attached hydrogens (tertiary/aromatic N) is 5. The van der Waals surface area contributed by atoms with Crippen LogP contribution in [0.25, 0.3) is 10.9 Å². The maximum Gasteiger partial charge on any atom is 0.155 e. The standard InChI is InChI=1S/C22H30N6O/c1-5-23-22-20-18(24-15-25-22)8-9-19-21(20)29-14-17-13-27(11-12-28(17)19)16(2)7-6-10-26(3)4/h6-9,15,17H,2,5,10-14H2,1,3-4H3,(H,23,24,25)/b7-6+. The summed E-state index contributed by atoms with van der Waals surface area (Å²) < 4.78 is 6.29. The molecule has 4 rings (SSSR count). The van der Waals surface area contributed by atoms with E-state index in [1.54, 1.807) is 6.33 Å². The molecule has 0 aliphatic carbocycles. The lowest BCUT2D eigenvalue weighted by atomic mass is 10.1. The van der Waals surface area contributed by atoms with E-state index in [0.29, 0.717) is 12.6 Å². The van der Waals surface area contributed by atoms with Crippen LogP contribution >= 0.6 is 0 Å². The Kier molecular flexibility index (Phi) is 5.58. The molecule has 0 amide bonds. The predicted octanol–water partition coefficient (Wildman–Crippen LogP) is 2.58. The zero-order valence-electron chi connectivity index (χ0n) is 17.6. The summed E-state index contributed by atoms with van der Waals surface area (Å²) in [7, 11) is 4.14. The van der Waals surface area contributed by atoms with E-state index in [2.05, 4.69) is 81.9 Å². The van der Waals surface area contributed by atoms with Gasteiger partial charge in [0.1, 0.15) is 18.8 Å². The minimum Gasteiger partial charge on any atom is -0.488 e. The van der Waals surface area contributed by atoms with Crippen LogP contribution in [0.3, 0.4) is 0 Å². The summed E-state index contributed by atoms with van der Waals surface area (Å²) in [6.07, 6.45) is 5.89. The summed E-state index contributed by atoms with van der Waals surface area (Å²) in [5.74, 6) is 1.74. The van der Waals surface area contributed by atoms with E-state index in [4.69, 9.17) is 4.74 Å². The summed E-state index contributed by atoms with van der Waals surface area (Å²) >= 11 is 0. The lowest BCUT2D eigenvalue weighted by Gasteiger charge is -2.46. The largest absolute Gasteiger partial charge is 0.488 e. The van der Waals surface area contributed by atoms with Gasteiger partial charge in [-0.25, -0.2) is 9.97 Å². The number of piperazine rings is 1. The lowest BCUT2D eigenvalue weighted by molar-refractivity contribution is 0.197. The maximum absolute atomic E-state index is 6.29. The molecule has 0 saturated carbocycles. The quantitative estimate of drug-likeness (QED) is 0.756. The second-order valence-electron chi connectivity index (χ2n) is 7.82. The van der Waals surface area contributed by atoms with Crippen LogP contribution in [0.5, 0.6) is 5.75 Å². The highest BCUT2D eigenvalue weighted by Gasteiger charge is 2.34. The van der Waals surface area contributed by atoms with Gasteiger partial charge in [-0.15, -0.1) is 0 Å². The molecule has 1 N–H and O–H groups in total. The fourth-order valence-electron chi connectivity index (χ4n) is 4.05. The fourth-order valence-corrected chi connectivity index (χ4v) is 4.05. The Labute approximate surface area is 172 Å². The number of hydrogen-bond acceptors (Lipinski definition) is 7. The number of fused-ring (bicyclic) bond motifs is 5. The van der Waals surface area contributed by atoms with Crippen LogP contribution in [0, 0.1) is 0 Å². The molecule has 154 valence electrons. The summed E-state index contributed by atoms with van der Waals surface area (Å²) in [4.78, 5) is 15.8. The van der Waals surface area contributed by atoms with Gasteiger partial charge in [0.25, 0.3) is 0 Å². The molecule has 0 radical (unpaired) electrons. The van der Waals surface area contributed by atoms with Crippen molar-refractivity contribution in [3.8, 4) is 5.75 Å². The molecule has 2 aliphatic heterocycles. The van der Waals surface area contributed by atoms with Gasteiger partial charge in [-0.05, 0) is 39.2 Å². The van der Waals surface area contributed by atoms with Crippen molar-refractivity contribution >= 4 is 22.4 Å². The molecular formula is C22H30N6O. The van der Waals surface area contributed by atoms with E-state index < -0.39 is 0 Å². The van der Waals surface area contributed by atoms with Gasteiger partial charge >= 0.3 is 0 Å². The molecule has 2 aliphatic rings. The Hall–Kier alpha value is -2.80. The van der Waals surface area contributed by atoms with Crippen LogP contribution in [-0.4, -0.2) is 79.2 Å². The van der Waals surface area contributed by atoms with E-state index in [1.807, 2.05) is 0 Å². The first-order valence-corrected chi connectivity index (χ1v) is 10.2. The minimum absolute atomic E-state index is 0.305. The first-order chi connectivity index (χ1) is 14.1. The average molecular weight is 395 g/mol. The lowest BCUT2D eigenvalue weighted by Crippen LogP contribution is -2.56. The summed E-state index contributed by atoms with van der Waals surface area (Å²) in [5.41, 5.74) is 3.11. The van der Waals surface area contributed by atoms with Crippen LogP contribution in [0.4, 0.5) is 11.5 Å². The third-order valence-corrected chi connectivity index (χ3v) is 5.48. The van der Waals surface area contributed by atoms with Crippen molar-refractivity contribution < 1.29 is 4.74 Å². The number of allylic oxidation sites excluding steroid dienone is 1. The molecule has 0 bridgehead atoms. The average Bonchev–Trinajstić information content (AvgIpc) is 2.72.